The van der Waals surface area contributed by atoms with Gasteiger partial charge in [-0.3, -0.25) is 4.79 Å². The maximum Gasteiger partial charge on any atom is 0.416 e. The van der Waals surface area contributed by atoms with Crippen LogP contribution in [0, 0.1) is 0 Å². The molecule has 2 aliphatic rings. The number of alkyl halides is 3. The summed E-state index contributed by atoms with van der Waals surface area (Å²) in [5, 5.41) is 12.5. The van der Waals surface area contributed by atoms with Crippen LogP contribution in [0.3, 0.4) is 0 Å². The predicted molar refractivity (Wildman–Crippen MR) is 91.4 cm³/mol. The zero-order chi connectivity index (χ0) is 19.2. The van der Waals surface area contributed by atoms with Crippen molar-refractivity contribution in [2.45, 2.75) is 18.0 Å². The van der Waals surface area contributed by atoms with Gasteiger partial charge in [0.2, 0.25) is 0 Å². The zero-order valence-corrected chi connectivity index (χ0v) is 14.2. The summed E-state index contributed by atoms with van der Waals surface area (Å²) >= 11 is 0. The largest absolute Gasteiger partial charge is 0.481 e. The van der Waals surface area contributed by atoms with Crippen molar-refractivity contribution in [1.29, 1.82) is 0 Å². The first-order valence-electron chi connectivity index (χ1n) is 8.50. The van der Waals surface area contributed by atoms with Gasteiger partial charge in [-0.15, -0.1) is 0 Å². The second kappa shape index (κ2) is 6.24. The van der Waals surface area contributed by atoms with Gasteiger partial charge in [-0.25, -0.2) is 0 Å². The van der Waals surface area contributed by atoms with Gasteiger partial charge in [-0.1, -0.05) is 24.3 Å². The Balaban J connectivity index is 1.78. The molecule has 2 heterocycles. The summed E-state index contributed by atoms with van der Waals surface area (Å²) < 4.78 is 39.8. The highest BCUT2D eigenvalue weighted by molar-refractivity contribution is 5.84. The van der Waals surface area contributed by atoms with E-state index in [1.807, 2.05) is 0 Å². The molecular formula is C19H17F3N2O3. The maximum atomic E-state index is 13.3. The van der Waals surface area contributed by atoms with Gasteiger partial charge in [-0.2, -0.15) is 18.7 Å². The summed E-state index contributed by atoms with van der Waals surface area (Å²) in [6.45, 7) is 1.16. The van der Waals surface area contributed by atoms with Crippen molar-refractivity contribution in [2.24, 2.45) is 0 Å². The standard InChI is InChI=1S/C19H17F3N2O3/c20-19(21,22)13-7-15(14-5-6-24-27-16(14)8-13)11-1-3-12(4-2-11)18(17(25)26)9-23-10-18/h1-4,7-8,23-24H,5-6,9-10H2,(H,25,26). The molecule has 0 spiro atoms. The molecule has 0 aliphatic carbocycles. The topological polar surface area (TPSA) is 70.6 Å². The van der Waals surface area contributed by atoms with E-state index in [1.54, 1.807) is 24.3 Å². The van der Waals surface area contributed by atoms with Crippen LogP contribution in [0.1, 0.15) is 16.7 Å². The number of benzene rings is 2. The Morgan fingerprint density at radius 1 is 1.15 bits per heavy atom. The molecule has 2 aromatic carbocycles. The third kappa shape index (κ3) is 2.94. The van der Waals surface area contributed by atoms with Crippen LogP contribution in [0.15, 0.2) is 36.4 Å². The van der Waals surface area contributed by atoms with Crippen LogP contribution in [-0.4, -0.2) is 30.7 Å². The van der Waals surface area contributed by atoms with E-state index in [9.17, 15) is 23.1 Å². The van der Waals surface area contributed by atoms with Crippen molar-refractivity contribution >= 4 is 5.97 Å². The molecule has 0 atom stereocenters. The number of aliphatic carboxylic acids is 1. The molecule has 0 bridgehead atoms. The lowest BCUT2D eigenvalue weighted by Gasteiger charge is -2.39. The normalized spacial score (nSPS) is 18.2. The summed E-state index contributed by atoms with van der Waals surface area (Å²) in [6.07, 6.45) is -3.96. The van der Waals surface area contributed by atoms with Gasteiger partial charge in [0, 0.05) is 25.2 Å². The van der Waals surface area contributed by atoms with Gasteiger partial charge in [0.05, 0.1) is 5.56 Å². The Morgan fingerprint density at radius 2 is 1.85 bits per heavy atom. The van der Waals surface area contributed by atoms with Gasteiger partial charge >= 0.3 is 12.1 Å². The van der Waals surface area contributed by atoms with Crippen LogP contribution in [0.25, 0.3) is 11.1 Å². The molecule has 0 saturated carbocycles. The molecule has 5 nitrogen and oxygen atoms in total. The molecule has 2 aliphatic heterocycles. The van der Waals surface area contributed by atoms with Crippen molar-refractivity contribution in [2.75, 3.05) is 19.6 Å². The lowest BCUT2D eigenvalue weighted by atomic mass is 9.75. The minimum atomic E-state index is -4.49. The second-order valence-electron chi connectivity index (χ2n) is 6.81. The lowest BCUT2D eigenvalue weighted by Crippen LogP contribution is -2.61. The first kappa shape index (κ1) is 17.8. The Morgan fingerprint density at radius 3 is 2.41 bits per heavy atom. The molecule has 3 N–H and O–H groups in total. The SMILES string of the molecule is O=C(O)C1(c2ccc(-c3cc(C(F)(F)F)cc4c3CCNO4)cc2)CNC1. The summed E-state index contributed by atoms with van der Waals surface area (Å²) in [5.74, 6) is -0.745. The van der Waals surface area contributed by atoms with Crippen LogP contribution in [0.2, 0.25) is 0 Å². The predicted octanol–water partition coefficient (Wildman–Crippen LogP) is 2.74. The van der Waals surface area contributed by atoms with Gasteiger partial charge in [-0.05, 0) is 35.2 Å². The molecule has 1 saturated heterocycles. The second-order valence-corrected chi connectivity index (χ2v) is 6.81. The van der Waals surface area contributed by atoms with Gasteiger partial charge in [0.15, 0.2) is 5.75 Å². The number of hydroxylamine groups is 1. The smallest absolute Gasteiger partial charge is 0.416 e. The van der Waals surface area contributed by atoms with Crippen molar-refractivity contribution in [3.63, 3.8) is 0 Å². The first-order chi connectivity index (χ1) is 12.8. The summed E-state index contributed by atoms with van der Waals surface area (Å²) in [7, 11) is 0. The Bertz CT molecular complexity index is 890. The summed E-state index contributed by atoms with van der Waals surface area (Å²) in [6, 6.07) is 8.84. The van der Waals surface area contributed by atoms with Crippen LogP contribution in [-0.2, 0) is 22.8 Å². The Kier molecular flexibility index (Phi) is 4.12. The fourth-order valence-corrected chi connectivity index (χ4v) is 3.54. The van der Waals surface area contributed by atoms with E-state index >= 15 is 0 Å². The number of rotatable bonds is 3. The highest BCUT2D eigenvalue weighted by Gasteiger charge is 2.46. The van der Waals surface area contributed by atoms with E-state index in [-0.39, 0.29) is 5.75 Å². The average molecular weight is 378 g/mol. The molecule has 8 heteroatoms. The quantitative estimate of drug-likeness (QED) is 0.766. The molecule has 27 heavy (non-hydrogen) atoms. The number of hydrogen-bond acceptors (Lipinski definition) is 4. The van der Waals surface area contributed by atoms with Gasteiger partial charge in [0.1, 0.15) is 5.41 Å². The van der Waals surface area contributed by atoms with E-state index in [0.717, 1.165) is 12.1 Å². The fourth-order valence-electron chi connectivity index (χ4n) is 3.54. The van der Waals surface area contributed by atoms with Crippen molar-refractivity contribution in [1.82, 2.24) is 10.8 Å². The lowest BCUT2D eigenvalue weighted by molar-refractivity contribution is -0.146. The van der Waals surface area contributed by atoms with Crippen molar-refractivity contribution in [3.05, 3.63) is 53.1 Å². The molecule has 0 amide bonds. The molecule has 1 fully saturated rings. The van der Waals surface area contributed by atoms with Crippen LogP contribution in [0.5, 0.6) is 5.75 Å². The van der Waals surface area contributed by atoms with Crippen LogP contribution in [0.4, 0.5) is 13.2 Å². The number of carboxylic acid groups (broad SMARTS) is 1. The highest BCUT2D eigenvalue weighted by atomic mass is 19.4. The fraction of sp³-hybridized carbons (Fsp3) is 0.316. The van der Waals surface area contributed by atoms with Crippen molar-refractivity contribution < 1.29 is 27.9 Å². The van der Waals surface area contributed by atoms with E-state index in [4.69, 9.17) is 4.84 Å². The van der Waals surface area contributed by atoms with E-state index in [0.29, 0.717) is 48.3 Å². The maximum absolute atomic E-state index is 13.3. The summed E-state index contributed by atoms with van der Waals surface area (Å²) in [4.78, 5) is 16.8. The van der Waals surface area contributed by atoms with E-state index < -0.39 is 23.1 Å². The van der Waals surface area contributed by atoms with Crippen LogP contribution >= 0.6 is 0 Å². The summed E-state index contributed by atoms with van der Waals surface area (Å²) in [5.41, 5.74) is 3.24. The monoisotopic (exact) mass is 378 g/mol. The van der Waals surface area contributed by atoms with Crippen LogP contribution < -0.4 is 15.6 Å². The van der Waals surface area contributed by atoms with Crippen molar-refractivity contribution in [3.8, 4) is 16.9 Å². The third-order valence-corrected chi connectivity index (χ3v) is 5.21. The molecule has 0 radical (unpaired) electrons. The van der Waals surface area contributed by atoms with E-state index in [2.05, 4.69) is 10.8 Å². The minimum Gasteiger partial charge on any atom is -0.481 e. The first-order valence-corrected chi connectivity index (χ1v) is 8.50. The van der Waals surface area contributed by atoms with E-state index in [1.165, 1.54) is 0 Å². The zero-order valence-electron chi connectivity index (χ0n) is 14.2. The molecular weight excluding hydrogens is 361 g/mol. The van der Waals surface area contributed by atoms with Gasteiger partial charge in [0.25, 0.3) is 0 Å². The number of carboxylic acids is 1. The number of hydrogen-bond donors (Lipinski definition) is 3. The number of nitrogens with one attached hydrogen (secondary N) is 2. The number of halogens is 3. The average Bonchev–Trinajstić information content (AvgIpc) is 2.59. The third-order valence-electron chi connectivity index (χ3n) is 5.21. The number of carbonyl (C=O) groups is 1. The highest BCUT2D eigenvalue weighted by Crippen LogP contribution is 2.40. The molecule has 4 rings (SSSR count). The minimum absolute atomic E-state index is 0.167. The molecule has 142 valence electrons. The molecule has 0 unspecified atom stereocenters. The molecule has 2 aromatic rings. The Labute approximate surface area is 153 Å². The Hall–Kier alpha value is -2.58. The molecule has 0 aromatic heterocycles. The van der Waals surface area contributed by atoms with Gasteiger partial charge < -0.3 is 15.3 Å². The number of fused-ring (bicyclic) bond motifs is 1.